The fraction of sp³-hybridized carbons (Fsp3) is 0.500. The highest BCUT2D eigenvalue weighted by Gasteiger charge is 2.17. The van der Waals surface area contributed by atoms with Crippen molar-refractivity contribution in [2.75, 3.05) is 18.0 Å². The Kier molecular flexibility index (Phi) is 5.96. The maximum absolute atomic E-state index is 11.0. The molecule has 1 aromatic rings. The Balaban J connectivity index is 2.74. The summed E-state index contributed by atoms with van der Waals surface area (Å²) in [5, 5.41) is 17.7. The van der Waals surface area contributed by atoms with E-state index in [2.05, 4.69) is 4.98 Å². The van der Waals surface area contributed by atoms with Gasteiger partial charge in [0, 0.05) is 25.7 Å². The van der Waals surface area contributed by atoms with Crippen LogP contribution < -0.4 is 4.90 Å². The lowest BCUT2D eigenvalue weighted by atomic mass is 10.1. The zero-order chi connectivity index (χ0) is 15.1. The summed E-state index contributed by atoms with van der Waals surface area (Å²) in [5.74, 6) is -1.59. The van der Waals surface area contributed by atoms with Crippen molar-refractivity contribution in [2.45, 2.75) is 26.7 Å². The number of rotatable bonds is 8. The van der Waals surface area contributed by atoms with E-state index in [4.69, 9.17) is 10.2 Å². The normalized spacial score (nSPS) is 11.9. The fourth-order valence-corrected chi connectivity index (χ4v) is 1.78. The van der Waals surface area contributed by atoms with Gasteiger partial charge in [0.1, 0.15) is 5.82 Å². The van der Waals surface area contributed by atoms with E-state index in [-0.39, 0.29) is 6.42 Å². The Labute approximate surface area is 118 Å². The van der Waals surface area contributed by atoms with Crippen molar-refractivity contribution in [2.24, 2.45) is 5.92 Å². The maximum Gasteiger partial charge on any atom is 0.308 e. The van der Waals surface area contributed by atoms with Crippen LogP contribution in [-0.2, 0) is 9.59 Å². The SMILES string of the molecule is Cc1ccc(N(CCCC(=O)O)CC(C)C(=O)O)nc1. The third kappa shape index (κ3) is 5.26. The van der Waals surface area contributed by atoms with Gasteiger partial charge < -0.3 is 15.1 Å². The highest BCUT2D eigenvalue weighted by Crippen LogP contribution is 2.14. The number of carboxylic acid groups (broad SMARTS) is 2. The molecule has 0 fully saturated rings. The van der Waals surface area contributed by atoms with Crippen LogP contribution in [0.15, 0.2) is 18.3 Å². The number of aromatic nitrogens is 1. The number of nitrogens with zero attached hydrogens (tertiary/aromatic N) is 2. The Morgan fingerprint density at radius 3 is 2.55 bits per heavy atom. The first kappa shape index (κ1) is 15.9. The number of aliphatic carboxylic acids is 2. The molecule has 0 aliphatic rings. The summed E-state index contributed by atoms with van der Waals surface area (Å²) in [5.41, 5.74) is 1.02. The molecule has 0 saturated carbocycles. The molecule has 0 aliphatic heterocycles. The molecule has 1 atom stereocenters. The summed E-state index contributed by atoms with van der Waals surface area (Å²) in [7, 11) is 0. The molecule has 0 saturated heterocycles. The van der Waals surface area contributed by atoms with Crippen LogP contribution in [0, 0.1) is 12.8 Å². The average Bonchev–Trinajstić information content (AvgIpc) is 2.37. The van der Waals surface area contributed by atoms with Crippen molar-refractivity contribution in [3.8, 4) is 0 Å². The van der Waals surface area contributed by atoms with Crippen molar-refractivity contribution in [3.63, 3.8) is 0 Å². The molecule has 1 heterocycles. The molecule has 0 spiro atoms. The Bertz CT molecular complexity index is 459. The monoisotopic (exact) mass is 280 g/mol. The molecule has 2 N–H and O–H groups in total. The second-order valence-corrected chi connectivity index (χ2v) is 4.88. The minimum absolute atomic E-state index is 0.0593. The molecule has 20 heavy (non-hydrogen) atoms. The molecule has 6 nitrogen and oxygen atoms in total. The molecular weight excluding hydrogens is 260 g/mol. The lowest BCUT2D eigenvalue weighted by Crippen LogP contribution is -2.33. The molecular formula is C14H20N2O4. The van der Waals surface area contributed by atoms with Gasteiger partial charge in [0.2, 0.25) is 0 Å². The van der Waals surface area contributed by atoms with Gasteiger partial charge in [-0.15, -0.1) is 0 Å². The molecule has 1 aromatic heterocycles. The summed E-state index contributed by atoms with van der Waals surface area (Å²) < 4.78 is 0. The van der Waals surface area contributed by atoms with E-state index in [1.54, 1.807) is 13.1 Å². The van der Waals surface area contributed by atoms with E-state index in [0.29, 0.717) is 25.3 Å². The average molecular weight is 280 g/mol. The number of carbonyl (C=O) groups is 2. The largest absolute Gasteiger partial charge is 0.481 e. The first-order valence-corrected chi connectivity index (χ1v) is 6.52. The van der Waals surface area contributed by atoms with E-state index in [0.717, 1.165) is 5.56 Å². The van der Waals surface area contributed by atoms with Crippen LogP contribution in [0.2, 0.25) is 0 Å². The van der Waals surface area contributed by atoms with Crippen LogP contribution in [0.5, 0.6) is 0 Å². The van der Waals surface area contributed by atoms with Gasteiger partial charge in [0.25, 0.3) is 0 Å². The van der Waals surface area contributed by atoms with Crippen LogP contribution in [0.3, 0.4) is 0 Å². The highest BCUT2D eigenvalue weighted by atomic mass is 16.4. The molecule has 0 aromatic carbocycles. The van der Waals surface area contributed by atoms with Gasteiger partial charge in [0.15, 0.2) is 0 Å². The van der Waals surface area contributed by atoms with Crippen LogP contribution in [-0.4, -0.2) is 40.2 Å². The van der Waals surface area contributed by atoms with Crippen molar-refractivity contribution >= 4 is 17.8 Å². The molecule has 110 valence electrons. The zero-order valence-electron chi connectivity index (χ0n) is 11.7. The number of anilines is 1. The van der Waals surface area contributed by atoms with Crippen molar-refractivity contribution in [1.82, 2.24) is 4.98 Å². The molecule has 1 unspecified atom stereocenters. The van der Waals surface area contributed by atoms with Crippen molar-refractivity contribution in [1.29, 1.82) is 0 Å². The van der Waals surface area contributed by atoms with Gasteiger partial charge in [-0.3, -0.25) is 9.59 Å². The third-order valence-corrected chi connectivity index (χ3v) is 2.95. The van der Waals surface area contributed by atoms with Crippen LogP contribution >= 0.6 is 0 Å². The summed E-state index contributed by atoms with van der Waals surface area (Å²) >= 11 is 0. The number of hydrogen-bond donors (Lipinski definition) is 2. The predicted molar refractivity (Wildman–Crippen MR) is 74.9 cm³/mol. The summed E-state index contributed by atoms with van der Waals surface area (Å²) in [4.78, 5) is 27.6. The topological polar surface area (TPSA) is 90.7 Å². The van der Waals surface area contributed by atoms with Gasteiger partial charge in [-0.1, -0.05) is 13.0 Å². The Hall–Kier alpha value is -2.11. The molecule has 6 heteroatoms. The molecule has 0 radical (unpaired) electrons. The van der Waals surface area contributed by atoms with Gasteiger partial charge in [-0.05, 0) is 25.0 Å². The quantitative estimate of drug-likeness (QED) is 0.754. The first-order chi connectivity index (χ1) is 9.40. The number of pyridine rings is 1. The maximum atomic E-state index is 11.0. The summed E-state index contributed by atoms with van der Waals surface area (Å²) in [6.07, 6.45) is 2.23. The molecule has 1 rings (SSSR count). The number of hydrogen-bond acceptors (Lipinski definition) is 4. The van der Waals surface area contributed by atoms with Crippen molar-refractivity contribution < 1.29 is 19.8 Å². The predicted octanol–water partition coefficient (Wildman–Crippen LogP) is 1.78. The van der Waals surface area contributed by atoms with E-state index in [9.17, 15) is 9.59 Å². The van der Waals surface area contributed by atoms with E-state index in [1.165, 1.54) is 0 Å². The standard InChI is InChI=1S/C14H20N2O4/c1-10-5-6-12(15-8-10)16(7-3-4-13(17)18)9-11(2)14(19)20/h5-6,8,11H,3-4,7,9H2,1-2H3,(H,17,18)(H,19,20). The van der Waals surface area contributed by atoms with E-state index in [1.807, 2.05) is 24.0 Å². The van der Waals surface area contributed by atoms with Gasteiger partial charge in [-0.25, -0.2) is 4.98 Å². The second-order valence-electron chi connectivity index (χ2n) is 4.88. The lowest BCUT2D eigenvalue weighted by molar-refractivity contribution is -0.141. The van der Waals surface area contributed by atoms with Gasteiger partial charge in [-0.2, -0.15) is 0 Å². The number of carboxylic acids is 2. The lowest BCUT2D eigenvalue weighted by Gasteiger charge is -2.25. The Morgan fingerprint density at radius 2 is 2.05 bits per heavy atom. The molecule has 0 amide bonds. The van der Waals surface area contributed by atoms with Crippen LogP contribution in [0.25, 0.3) is 0 Å². The van der Waals surface area contributed by atoms with Gasteiger partial charge in [0.05, 0.1) is 5.92 Å². The summed E-state index contributed by atoms with van der Waals surface area (Å²) in [6, 6.07) is 3.72. The van der Waals surface area contributed by atoms with E-state index < -0.39 is 17.9 Å². The smallest absolute Gasteiger partial charge is 0.308 e. The first-order valence-electron chi connectivity index (χ1n) is 6.52. The third-order valence-electron chi connectivity index (χ3n) is 2.95. The van der Waals surface area contributed by atoms with Crippen LogP contribution in [0.1, 0.15) is 25.3 Å². The van der Waals surface area contributed by atoms with Crippen LogP contribution in [0.4, 0.5) is 5.82 Å². The molecule has 0 aliphatic carbocycles. The van der Waals surface area contributed by atoms with E-state index >= 15 is 0 Å². The van der Waals surface area contributed by atoms with Crippen molar-refractivity contribution in [3.05, 3.63) is 23.9 Å². The minimum atomic E-state index is -0.875. The van der Waals surface area contributed by atoms with Gasteiger partial charge >= 0.3 is 11.9 Å². The minimum Gasteiger partial charge on any atom is -0.481 e. The fourth-order valence-electron chi connectivity index (χ4n) is 1.78. The number of aryl methyl sites for hydroxylation is 1. The Morgan fingerprint density at radius 1 is 1.35 bits per heavy atom. The highest BCUT2D eigenvalue weighted by molar-refractivity contribution is 5.70. The zero-order valence-corrected chi connectivity index (χ0v) is 11.7. The summed E-state index contributed by atoms with van der Waals surface area (Å²) in [6.45, 7) is 4.33. The molecule has 0 bridgehead atoms. The second kappa shape index (κ2) is 7.47.